The molecule has 3 rings (SSSR count). The number of nitrogens with zero attached hydrogens (tertiary/aromatic N) is 2. The Kier molecular flexibility index (Phi) is 6.35. The molecule has 1 unspecified atom stereocenters. The van der Waals surface area contributed by atoms with Crippen LogP contribution >= 0.6 is 0 Å². The number of rotatable bonds is 8. The molecule has 1 atom stereocenters. The number of hydrogen-bond acceptors (Lipinski definition) is 5. The van der Waals surface area contributed by atoms with Gasteiger partial charge in [0.05, 0.1) is 6.10 Å². The molecule has 140 valence electrons. The van der Waals surface area contributed by atoms with E-state index in [0.717, 1.165) is 31.6 Å². The molecule has 0 saturated carbocycles. The van der Waals surface area contributed by atoms with Crippen molar-refractivity contribution in [2.45, 2.75) is 38.8 Å². The maximum Gasteiger partial charge on any atom is 0.226 e. The van der Waals surface area contributed by atoms with Crippen molar-refractivity contribution in [2.75, 3.05) is 25.0 Å². The maximum atomic E-state index is 13.5. The van der Waals surface area contributed by atoms with Gasteiger partial charge in [0.15, 0.2) is 5.82 Å². The maximum absolute atomic E-state index is 13.5. The normalized spacial score (nSPS) is 17.0. The summed E-state index contributed by atoms with van der Waals surface area (Å²) >= 11 is 0. The Labute approximate surface area is 152 Å². The molecule has 0 radical (unpaired) electrons. The van der Waals surface area contributed by atoms with Gasteiger partial charge in [0, 0.05) is 38.7 Å². The van der Waals surface area contributed by atoms with E-state index in [9.17, 15) is 9.18 Å². The third kappa shape index (κ3) is 5.64. The number of anilines is 1. The predicted octanol–water partition coefficient (Wildman–Crippen LogP) is 3.13. The Morgan fingerprint density at radius 2 is 2.31 bits per heavy atom. The summed E-state index contributed by atoms with van der Waals surface area (Å²) in [5.74, 6) is 0.684. The zero-order valence-corrected chi connectivity index (χ0v) is 14.9. The number of halogens is 1. The number of aromatic nitrogens is 1. The van der Waals surface area contributed by atoms with Gasteiger partial charge in [0.2, 0.25) is 5.91 Å². The lowest BCUT2D eigenvalue weighted by Gasteiger charge is -2.25. The van der Waals surface area contributed by atoms with Crippen molar-refractivity contribution >= 4 is 11.7 Å². The molecule has 1 aliphatic rings. The highest BCUT2D eigenvalue weighted by atomic mass is 19.1. The van der Waals surface area contributed by atoms with Gasteiger partial charge in [0.1, 0.15) is 11.6 Å². The molecule has 1 saturated heterocycles. The minimum Gasteiger partial charge on any atom is -0.377 e. The molecule has 6 nitrogen and oxygen atoms in total. The summed E-state index contributed by atoms with van der Waals surface area (Å²) in [6.45, 7) is 4.41. The van der Waals surface area contributed by atoms with Crippen LogP contribution in [-0.2, 0) is 16.1 Å². The van der Waals surface area contributed by atoms with E-state index in [1.54, 1.807) is 19.1 Å². The summed E-state index contributed by atoms with van der Waals surface area (Å²) in [5, 5.41) is 6.48. The number of carbonyl (C=O) groups is 1. The first-order valence-electron chi connectivity index (χ1n) is 8.90. The highest BCUT2D eigenvalue weighted by molar-refractivity contribution is 5.89. The van der Waals surface area contributed by atoms with E-state index in [1.165, 1.54) is 12.1 Å². The molecule has 1 aromatic carbocycles. The molecular weight excluding hydrogens is 337 g/mol. The van der Waals surface area contributed by atoms with Gasteiger partial charge in [-0.05, 0) is 37.5 Å². The molecule has 26 heavy (non-hydrogen) atoms. The first kappa shape index (κ1) is 18.5. The standard InChI is InChI=1S/C19H24FN3O3/c1-14-10-18(22-26-14)21-19(24)7-8-23(13-17-6-3-9-25-17)12-15-4-2-5-16(20)11-15/h2,4-5,10-11,17H,3,6-9,12-13H2,1H3,(H,21,22,24). The van der Waals surface area contributed by atoms with E-state index in [2.05, 4.69) is 15.4 Å². The quantitative estimate of drug-likeness (QED) is 0.782. The number of ether oxygens (including phenoxy) is 1. The van der Waals surface area contributed by atoms with Crippen LogP contribution in [0.3, 0.4) is 0 Å². The van der Waals surface area contributed by atoms with E-state index in [0.29, 0.717) is 31.1 Å². The first-order valence-corrected chi connectivity index (χ1v) is 8.90. The molecule has 1 aromatic heterocycles. The molecule has 1 amide bonds. The zero-order valence-electron chi connectivity index (χ0n) is 14.9. The monoisotopic (exact) mass is 361 g/mol. The van der Waals surface area contributed by atoms with E-state index in [1.807, 2.05) is 6.07 Å². The Morgan fingerprint density at radius 3 is 3.00 bits per heavy atom. The van der Waals surface area contributed by atoms with E-state index < -0.39 is 0 Å². The number of benzene rings is 1. The Balaban J connectivity index is 1.56. The van der Waals surface area contributed by atoms with Gasteiger partial charge in [0.25, 0.3) is 0 Å². The van der Waals surface area contributed by atoms with Crippen LogP contribution in [-0.4, -0.2) is 41.8 Å². The number of nitrogens with one attached hydrogen (secondary N) is 1. The summed E-state index contributed by atoms with van der Waals surface area (Å²) in [4.78, 5) is 14.3. The Morgan fingerprint density at radius 1 is 1.42 bits per heavy atom. The number of aryl methyl sites for hydroxylation is 1. The lowest BCUT2D eigenvalue weighted by Crippen LogP contribution is -2.34. The fourth-order valence-electron chi connectivity index (χ4n) is 3.10. The first-order chi connectivity index (χ1) is 12.6. The number of amides is 1. The topological polar surface area (TPSA) is 67.6 Å². The van der Waals surface area contributed by atoms with Crippen molar-refractivity contribution in [3.05, 3.63) is 47.5 Å². The van der Waals surface area contributed by atoms with Crippen molar-refractivity contribution in [1.29, 1.82) is 0 Å². The molecule has 0 bridgehead atoms. The molecule has 1 aliphatic heterocycles. The van der Waals surface area contributed by atoms with Gasteiger partial charge in [-0.1, -0.05) is 17.3 Å². The van der Waals surface area contributed by atoms with Crippen LogP contribution in [0.1, 0.15) is 30.6 Å². The van der Waals surface area contributed by atoms with Gasteiger partial charge in [-0.15, -0.1) is 0 Å². The number of carbonyl (C=O) groups excluding carboxylic acids is 1. The predicted molar refractivity (Wildman–Crippen MR) is 95.1 cm³/mol. The zero-order chi connectivity index (χ0) is 18.4. The fraction of sp³-hybridized carbons (Fsp3) is 0.474. The average molecular weight is 361 g/mol. The molecule has 2 heterocycles. The summed E-state index contributed by atoms with van der Waals surface area (Å²) < 4.78 is 24.1. The summed E-state index contributed by atoms with van der Waals surface area (Å²) in [6.07, 6.45) is 2.56. The van der Waals surface area contributed by atoms with E-state index >= 15 is 0 Å². The van der Waals surface area contributed by atoms with Crippen molar-refractivity contribution in [1.82, 2.24) is 10.1 Å². The lowest BCUT2D eigenvalue weighted by atomic mass is 10.1. The third-order valence-electron chi connectivity index (χ3n) is 4.33. The van der Waals surface area contributed by atoms with Crippen LogP contribution in [0.5, 0.6) is 0 Å². The van der Waals surface area contributed by atoms with Gasteiger partial charge in [-0.2, -0.15) is 0 Å². The molecule has 0 spiro atoms. The van der Waals surface area contributed by atoms with Crippen LogP contribution in [0.15, 0.2) is 34.9 Å². The fourth-order valence-corrected chi connectivity index (χ4v) is 3.10. The van der Waals surface area contributed by atoms with Gasteiger partial charge in [-0.25, -0.2) is 4.39 Å². The second-order valence-electron chi connectivity index (χ2n) is 6.62. The second kappa shape index (κ2) is 8.91. The average Bonchev–Trinajstić information content (AvgIpc) is 3.24. The Hall–Kier alpha value is -2.25. The van der Waals surface area contributed by atoms with Crippen molar-refractivity contribution < 1.29 is 18.4 Å². The molecule has 7 heteroatoms. The third-order valence-corrected chi connectivity index (χ3v) is 4.33. The molecular formula is C19H24FN3O3. The largest absolute Gasteiger partial charge is 0.377 e. The van der Waals surface area contributed by atoms with Gasteiger partial charge >= 0.3 is 0 Å². The summed E-state index contributed by atoms with van der Waals surface area (Å²) in [5.41, 5.74) is 0.885. The van der Waals surface area contributed by atoms with Gasteiger partial charge < -0.3 is 14.6 Å². The summed E-state index contributed by atoms with van der Waals surface area (Å²) in [7, 11) is 0. The summed E-state index contributed by atoms with van der Waals surface area (Å²) in [6, 6.07) is 8.23. The smallest absolute Gasteiger partial charge is 0.226 e. The molecule has 2 aromatic rings. The highest BCUT2D eigenvalue weighted by Gasteiger charge is 2.20. The minimum atomic E-state index is -0.251. The molecule has 0 aliphatic carbocycles. The molecule has 1 N–H and O–H groups in total. The van der Waals surface area contributed by atoms with Crippen LogP contribution in [0.25, 0.3) is 0 Å². The van der Waals surface area contributed by atoms with Crippen LogP contribution < -0.4 is 5.32 Å². The van der Waals surface area contributed by atoms with E-state index in [-0.39, 0.29) is 17.8 Å². The number of hydrogen-bond donors (Lipinski definition) is 1. The van der Waals surface area contributed by atoms with Crippen molar-refractivity contribution in [3.8, 4) is 0 Å². The van der Waals surface area contributed by atoms with Crippen LogP contribution in [0.4, 0.5) is 10.2 Å². The van der Waals surface area contributed by atoms with Gasteiger partial charge in [-0.3, -0.25) is 9.69 Å². The van der Waals surface area contributed by atoms with E-state index in [4.69, 9.17) is 9.26 Å². The van der Waals surface area contributed by atoms with Crippen LogP contribution in [0.2, 0.25) is 0 Å². The lowest BCUT2D eigenvalue weighted by molar-refractivity contribution is -0.116. The van der Waals surface area contributed by atoms with Crippen molar-refractivity contribution in [2.24, 2.45) is 0 Å². The van der Waals surface area contributed by atoms with Crippen molar-refractivity contribution in [3.63, 3.8) is 0 Å². The van der Waals surface area contributed by atoms with Crippen LogP contribution in [0, 0.1) is 12.7 Å². The SMILES string of the molecule is Cc1cc(NC(=O)CCN(Cc2cccc(F)c2)CC2CCCO2)no1. The highest BCUT2D eigenvalue weighted by Crippen LogP contribution is 2.16. The minimum absolute atomic E-state index is 0.130. The Bertz CT molecular complexity index is 728. The second-order valence-corrected chi connectivity index (χ2v) is 6.62. The molecule has 1 fully saturated rings.